The molecule has 0 atom stereocenters. The number of hydrogen-bond acceptors (Lipinski definition) is 5. The van der Waals surface area contributed by atoms with Gasteiger partial charge in [-0.05, 0) is 55.3 Å². The van der Waals surface area contributed by atoms with E-state index >= 15 is 0 Å². The Labute approximate surface area is 175 Å². The number of aliphatic carboxylic acids is 1. The molecule has 2 aromatic rings. The third-order valence-electron chi connectivity index (χ3n) is 5.60. The number of alkyl halides is 3. The van der Waals surface area contributed by atoms with Gasteiger partial charge in [0, 0.05) is 25.2 Å². The number of likely N-dealkylation sites (tertiary alicyclic amines) is 2. The van der Waals surface area contributed by atoms with E-state index in [-0.39, 0.29) is 5.91 Å². The van der Waals surface area contributed by atoms with E-state index in [4.69, 9.17) is 14.3 Å². The number of carbonyl (C=O) groups excluding carboxylic acids is 1. The Morgan fingerprint density at radius 2 is 1.83 bits per heavy atom. The Morgan fingerprint density at radius 3 is 2.37 bits per heavy atom. The maximum absolute atomic E-state index is 12.5. The lowest BCUT2D eigenvalue weighted by molar-refractivity contribution is -0.192. The van der Waals surface area contributed by atoms with E-state index in [1.807, 2.05) is 29.8 Å². The number of carbonyl (C=O) groups is 2. The molecule has 6 nitrogen and oxygen atoms in total. The largest absolute Gasteiger partial charge is 0.490 e. The molecule has 0 bridgehead atoms. The van der Waals surface area contributed by atoms with E-state index in [0.29, 0.717) is 5.41 Å². The van der Waals surface area contributed by atoms with Crippen molar-refractivity contribution < 1.29 is 32.3 Å². The van der Waals surface area contributed by atoms with Crippen molar-refractivity contribution in [1.82, 2.24) is 9.80 Å². The number of piperidine rings is 1. The second-order valence-corrected chi connectivity index (χ2v) is 8.61. The van der Waals surface area contributed by atoms with Crippen LogP contribution in [-0.4, -0.2) is 59.1 Å². The number of furan rings is 1. The second-order valence-electron chi connectivity index (χ2n) is 7.66. The molecule has 1 amide bonds. The molecule has 2 saturated heterocycles. The highest BCUT2D eigenvalue weighted by atomic mass is 32.1. The molecule has 0 aliphatic carbocycles. The van der Waals surface area contributed by atoms with Gasteiger partial charge in [-0.3, -0.25) is 9.69 Å². The summed E-state index contributed by atoms with van der Waals surface area (Å²) in [6, 6.07) is 5.94. The summed E-state index contributed by atoms with van der Waals surface area (Å²) in [7, 11) is 0. The van der Waals surface area contributed by atoms with Crippen LogP contribution in [0.2, 0.25) is 0 Å². The monoisotopic (exact) mass is 444 g/mol. The molecule has 1 N–H and O–H groups in total. The fraction of sp³-hybridized carbons (Fsp3) is 0.500. The Bertz CT molecular complexity index is 829. The van der Waals surface area contributed by atoms with E-state index in [1.54, 1.807) is 17.6 Å². The summed E-state index contributed by atoms with van der Waals surface area (Å²) in [6.45, 7) is 5.06. The predicted molar refractivity (Wildman–Crippen MR) is 104 cm³/mol. The van der Waals surface area contributed by atoms with Gasteiger partial charge in [0.1, 0.15) is 0 Å². The molecule has 164 valence electrons. The number of nitrogens with zero attached hydrogens (tertiary/aromatic N) is 2. The van der Waals surface area contributed by atoms with Crippen LogP contribution in [0.25, 0.3) is 0 Å². The van der Waals surface area contributed by atoms with Gasteiger partial charge in [0.15, 0.2) is 0 Å². The Kier molecular flexibility index (Phi) is 6.87. The summed E-state index contributed by atoms with van der Waals surface area (Å²) in [5.74, 6) is -2.54. The number of hydrogen-bond donors (Lipinski definition) is 1. The second kappa shape index (κ2) is 9.22. The zero-order valence-electron chi connectivity index (χ0n) is 16.2. The normalized spacial score (nSPS) is 18.8. The van der Waals surface area contributed by atoms with Crippen molar-refractivity contribution in [3.05, 3.63) is 46.5 Å². The van der Waals surface area contributed by atoms with Crippen LogP contribution >= 0.6 is 11.3 Å². The van der Waals surface area contributed by atoms with E-state index in [2.05, 4.69) is 9.80 Å². The molecular weight excluding hydrogens is 421 g/mol. The van der Waals surface area contributed by atoms with Gasteiger partial charge in [0.2, 0.25) is 0 Å². The number of carboxylic acids is 1. The molecule has 2 aliphatic heterocycles. The molecule has 4 heterocycles. The first kappa shape index (κ1) is 22.4. The van der Waals surface area contributed by atoms with Crippen LogP contribution in [0.4, 0.5) is 13.2 Å². The average Bonchev–Trinajstić information content (AvgIpc) is 3.45. The standard InChI is InChI=1S/C18H22N2O2S.C2HF3O2/c21-17(16-2-1-11-23-16)20-9-6-18(14-20)4-7-19(8-5-18)12-15-3-10-22-13-15;3-2(4,5)1(6)7/h1-3,10-11,13H,4-9,12,14H2;(H,6,7). The minimum Gasteiger partial charge on any atom is -0.475 e. The van der Waals surface area contributed by atoms with Crippen molar-refractivity contribution >= 4 is 23.2 Å². The minimum absolute atomic E-state index is 0.220. The number of halogens is 3. The number of carboxylic acid groups (broad SMARTS) is 1. The maximum Gasteiger partial charge on any atom is 0.490 e. The van der Waals surface area contributed by atoms with Crippen LogP contribution < -0.4 is 0 Å². The molecule has 10 heteroatoms. The van der Waals surface area contributed by atoms with Crippen molar-refractivity contribution in [2.45, 2.75) is 32.0 Å². The fourth-order valence-electron chi connectivity index (χ4n) is 3.90. The quantitative estimate of drug-likeness (QED) is 0.772. The fourth-order valence-corrected chi connectivity index (χ4v) is 4.59. The molecule has 4 rings (SSSR count). The summed E-state index contributed by atoms with van der Waals surface area (Å²) in [5.41, 5.74) is 1.60. The SMILES string of the molecule is O=C(O)C(F)(F)F.O=C(c1cccs1)N1CCC2(CCN(Cc3ccoc3)CC2)C1. The minimum atomic E-state index is -5.08. The molecule has 0 radical (unpaired) electrons. The van der Waals surface area contributed by atoms with Crippen molar-refractivity contribution in [2.75, 3.05) is 26.2 Å². The topological polar surface area (TPSA) is 74.0 Å². The Balaban J connectivity index is 0.000000318. The van der Waals surface area contributed by atoms with Crippen molar-refractivity contribution in [2.24, 2.45) is 5.41 Å². The lowest BCUT2D eigenvalue weighted by Crippen LogP contribution is -2.41. The van der Waals surface area contributed by atoms with E-state index in [9.17, 15) is 18.0 Å². The Morgan fingerprint density at radius 1 is 1.17 bits per heavy atom. The lowest BCUT2D eigenvalue weighted by atomic mass is 9.77. The summed E-state index contributed by atoms with van der Waals surface area (Å²) in [5, 5.41) is 9.10. The van der Waals surface area contributed by atoms with Gasteiger partial charge < -0.3 is 14.4 Å². The zero-order valence-corrected chi connectivity index (χ0v) is 17.0. The van der Waals surface area contributed by atoms with Gasteiger partial charge in [0.05, 0.1) is 17.4 Å². The van der Waals surface area contributed by atoms with Crippen LogP contribution in [0.5, 0.6) is 0 Å². The Hall–Kier alpha value is -2.33. The lowest BCUT2D eigenvalue weighted by Gasteiger charge is -2.39. The molecule has 0 unspecified atom stereocenters. The third-order valence-corrected chi connectivity index (χ3v) is 6.46. The molecule has 0 aromatic carbocycles. The summed E-state index contributed by atoms with van der Waals surface area (Å²) in [4.78, 5) is 26.9. The molecule has 1 spiro atoms. The van der Waals surface area contributed by atoms with E-state index in [1.165, 1.54) is 18.4 Å². The zero-order chi connectivity index (χ0) is 21.8. The summed E-state index contributed by atoms with van der Waals surface area (Å²) >= 11 is 1.55. The van der Waals surface area contributed by atoms with Gasteiger partial charge in [-0.25, -0.2) is 4.79 Å². The first-order chi connectivity index (χ1) is 14.2. The molecule has 2 aromatic heterocycles. The molecule has 30 heavy (non-hydrogen) atoms. The van der Waals surface area contributed by atoms with Crippen molar-refractivity contribution in [1.29, 1.82) is 0 Å². The molecule has 2 fully saturated rings. The van der Waals surface area contributed by atoms with Gasteiger partial charge in [-0.1, -0.05) is 6.07 Å². The van der Waals surface area contributed by atoms with Gasteiger partial charge in [0.25, 0.3) is 5.91 Å². The first-order valence-corrected chi connectivity index (χ1v) is 10.4. The average molecular weight is 444 g/mol. The van der Waals surface area contributed by atoms with Gasteiger partial charge in [-0.15, -0.1) is 11.3 Å². The molecular formula is C20H23F3N2O4S. The molecule has 2 aliphatic rings. The number of amides is 1. The highest BCUT2D eigenvalue weighted by Gasteiger charge is 2.42. The van der Waals surface area contributed by atoms with Crippen LogP contribution in [-0.2, 0) is 11.3 Å². The van der Waals surface area contributed by atoms with Crippen LogP contribution in [0.1, 0.15) is 34.5 Å². The van der Waals surface area contributed by atoms with E-state index < -0.39 is 12.1 Å². The number of rotatable bonds is 3. The maximum atomic E-state index is 12.5. The highest BCUT2D eigenvalue weighted by Crippen LogP contribution is 2.41. The highest BCUT2D eigenvalue weighted by molar-refractivity contribution is 7.12. The third kappa shape index (κ3) is 5.63. The predicted octanol–water partition coefficient (Wildman–Crippen LogP) is 4.10. The molecule has 0 saturated carbocycles. The summed E-state index contributed by atoms with van der Waals surface area (Å²) in [6.07, 6.45) is 2.04. The van der Waals surface area contributed by atoms with Crippen molar-refractivity contribution in [3.63, 3.8) is 0 Å². The van der Waals surface area contributed by atoms with Crippen LogP contribution in [0.3, 0.4) is 0 Å². The van der Waals surface area contributed by atoms with Crippen molar-refractivity contribution in [3.8, 4) is 0 Å². The number of thiophene rings is 1. The van der Waals surface area contributed by atoms with Gasteiger partial charge >= 0.3 is 12.1 Å². The van der Waals surface area contributed by atoms with E-state index in [0.717, 1.165) is 44.0 Å². The first-order valence-electron chi connectivity index (χ1n) is 9.55. The van der Waals surface area contributed by atoms with Crippen LogP contribution in [0.15, 0.2) is 40.5 Å². The summed E-state index contributed by atoms with van der Waals surface area (Å²) < 4.78 is 36.9. The smallest absolute Gasteiger partial charge is 0.475 e. The van der Waals surface area contributed by atoms with Crippen LogP contribution in [0, 0.1) is 5.41 Å². The van der Waals surface area contributed by atoms with Gasteiger partial charge in [-0.2, -0.15) is 13.2 Å².